The molecule has 2 amide bonds. The number of ether oxygens (including phenoxy) is 1. The number of carbonyl (C=O) groups excluding carboxylic acids is 2. The number of hydrogen-bond acceptors (Lipinski definition) is 5. The third kappa shape index (κ3) is 5.15. The Balaban J connectivity index is 1.35. The highest BCUT2D eigenvalue weighted by Crippen LogP contribution is 2.23. The minimum absolute atomic E-state index is 0.114. The fourth-order valence-electron chi connectivity index (χ4n) is 3.24. The predicted octanol–water partition coefficient (Wildman–Crippen LogP) is 4.95. The Morgan fingerprint density at radius 3 is 2.53 bits per heavy atom. The second-order valence-electron chi connectivity index (χ2n) is 7.71. The van der Waals surface area contributed by atoms with Crippen LogP contribution in [0.25, 0.3) is 16.2 Å². The molecule has 0 spiro atoms. The lowest BCUT2D eigenvalue weighted by molar-refractivity contribution is -0.119. The molecule has 0 radical (unpaired) electrons. The number of rotatable bonds is 7. The first kappa shape index (κ1) is 21.6. The Labute approximate surface area is 190 Å². The van der Waals surface area contributed by atoms with Gasteiger partial charge in [0.15, 0.2) is 4.96 Å². The standard InChI is InChI=1S/C24H24N4O3S/c1-16(2)21(27-24(30)31-15-17-6-4-3-5-7-17)22(29)25-19-10-8-18(9-11-19)20-14-28-12-13-32-23(28)26-20/h3-14,16,21H,15H2,1-2H3,(H,25,29)(H,27,30)/t21-/m0/s1. The first-order valence-electron chi connectivity index (χ1n) is 10.3. The maximum atomic E-state index is 12.8. The van der Waals surface area contributed by atoms with Gasteiger partial charge in [0.1, 0.15) is 12.6 Å². The van der Waals surface area contributed by atoms with Crippen LogP contribution in [0.1, 0.15) is 19.4 Å². The summed E-state index contributed by atoms with van der Waals surface area (Å²) in [6.07, 6.45) is 3.31. The summed E-state index contributed by atoms with van der Waals surface area (Å²) in [5.74, 6) is -0.413. The number of carbonyl (C=O) groups is 2. The van der Waals surface area contributed by atoms with Crippen molar-refractivity contribution < 1.29 is 14.3 Å². The monoisotopic (exact) mass is 448 g/mol. The molecule has 0 saturated heterocycles. The van der Waals surface area contributed by atoms with Crippen LogP contribution in [0.5, 0.6) is 0 Å². The van der Waals surface area contributed by atoms with E-state index < -0.39 is 12.1 Å². The van der Waals surface area contributed by atoms with Crippen molar-refractivity contribution in [2.45, 2.75) is 26.5 Å². The minimum Gasteiger partial charge on any atom is -0.445 e. The summed E-state index contributed by atoms with van der Waals surface area (Å²) in [6, 6.07) is 16.1. The molecule has 2 aromatic heterocycles. The highest BCUT2D eigenvalue weighted by molar-refractivity contribution is 7.15. The van der Waals surface area contributed by atoms with Gasteiger partial charge in [0.2, 0.25) is 5.91 Å². The first-order valence-corrected chi connectivity index (χ1v) is 11.2. The Bertz CT molecular complexity index is 1170. The zero-order valence-electron chi connectivity index (χ0n) is 17.8. The van der Waals surface area contributed by atoms with Crippen molar-refractivity contribution in [3.05, 3.63) is 77.9 Å². The van der Waals surface area contributed by atoms with E-state index in [2.05, 4.69) is 15.6 Å². The molecular formula is C24H24N4O3S. The van der Waals surface area contributed by atoms with Gasteiger partial charge in [-0.25, -0.2) is 9.78 Å². The summed E-state index contributed by atoms with van der Waals surface area (Å²) in [5, 5.41) is 7.53. The molecule has 0 fully saturated rings. The van der Waals surface area contributed by atoms with Gasteiger partial charge < -0.3 is 15.4 Å². The van der Waals surface area contributed by atoms with Crippen LogP contribution in [-0.2, 0) is 16.1 Å². The number of alkyl carbamates (subject to hydrolysis) is 1. The Hall–Kier alpha value is -3.65. The summed E-state index contributed by atoms with van der Waals surface area (Å²) in [4.78, 5) is 30.5. The lowest BCUT2D eigenvalue weighted by atomic mass is 10.0. The van der Waals surface area contributed by atoms with Crippen LogP contribution in [-0.4, -0.2) is 27.4 Å². The molecule has 164 valence electrons. The van der Waals surface area contributed by atoms with E-state index in [0.717, 1.165) is 21.8 Å². The molecule has 8 heteroatoms. The third-order valence-electron chi connectivity index (χ3n) is 4.98. The number of benzene rings is 2. The van der Waals surface area contributed by atoms with Gasteiger partial charge in [0.05, 0.1) is 5.69 Å². The summed E-state index contributed by atoms with van der Waals surface area (Å²) < 4.78 is 7.23. The van der Waals surface area contributed by atoms with Gasteiger partial charge in [0.25, 0.3) is 0 Å². The molecule has 0 aliphatic rings. The molecule has 7 nitrogen and oxygen atoms in total. The van der Waals surface area contributed by atoms with Gasteiger partial charge in [-0.1, -0.05) is 56.3 Å². The van der Waals surface area contributed by atoms with Crippen LogP contribution in [0.2, 0.25) is 0 Å². The van der Waals surface area contributed by atoms with Crippen LogP contribution in [0.15, 0.2) is 72.4 Å². The number of hydrogen-bond donors (Lipinski definition) is 2. The van der Waals surface area contributed by atoms with Crippen molar-refractivity contribution in [3.63, 3.8) is 0 Å². The zero-order chi connectivity index (χ0) is 22.5. The van der Waals surface area contributed by atoms with E-state index in [4.69, 9.17) is 4.74 Å². The van der Waals surface area contributed by atoms with Crippen molar-refractivity contribution in [1.29, 1.82) is 0 Å². The molecule has 4 aromatic rings. The largest absolute Gasteiger partial charge is 0.445 e. The number of imidazole rings is 1. The molecule has 0 aliphatic carbocycles. The minimum atomic E-state index is -0.724. The van der Waals surface area contributed by atoms with Crippen LogP contribution in [0.4, 0.5) is 10.5 Å². The molecule has 2 aromatic carbocycles. The Morgan fingerprint density at radius 2 is 1.84 bits per heavy atom. The molecule has 0 bridgehead atoms. The van der Waals surface area contributed by atoms with Crippen LogP contribution in [0, 0.1) is 5.92 Å². The van der Waals surface area contributed by atoms with Crippen molar-refractivity contribution in [2.75, 3.05) is 5.32 Å². The molecule has 4 rings (SSSR count). The Morgan fingerprint density at radius 1 is 1.09 bits per heavy atom. The van der Waals surface area contributed by atoms with Gasteiger partial charge >= 0.3 is 6.09 Å². The second kappa shape index (κ2) is 9.65. The number of aromatic nitrogens is 2. The van der Waals surface area contributed by atoms with Crippen LogP contribution >= 0.6 is 11.3 Å². The predicted molar refractivity (Wildman–Crippen MR) is 126 cm³/mol. The van der Waals surface area contributed by atoms with Gasteiger partial charge in [-0.2, -0.15) is 0 Å². The van der Waals surface area contributed by atoms with E-state index in [1.807, 2.05) is 90.6 Å². The number of nitrogens with one attached hydrogen (secondary N) is 2. The summed E-state index contributed by atoms with van der Waals surface area (Å²) in [6.45, 7) is 3.89. The SMILES string of the molecule is CC(C)[C@H](NC(=O)OCc1ccccc1)C(=O)Nc1ccc(-c2cn3ccsc3n2)cc1. The lowest BCUT2D eigenvalue weighted by Gasteiger charge is -2.21. The molecule has 0 saturated carbocycles. The fourth-order valence-corrected chi connectivity index (χ4v) is 3.94. The molecule has 32 heavy (non-hydrogen) atoms. The first-order chi connectivity index (χ1) is 15.5. The van der Waals surface area contributed by atoms with Crippen molar-refractivity contribution in [2.24, 2.45) is 5.92 Å². The summed E-state index contributed by atoms with van der Waals surface area (Å²) >= 11 is 1.58. The average Bonchev–Trinajstić information content (AvgIpc) is 3.39. The lowest BCUT2D eigenvalue weighted by Crippen LogP contribution is -2.47. The normalized spacial score (nSPS) is 12.0. The van der Waals surface area contributed by atoms with Crippen LogP contribution < -0.4 is 10.6 Å². The second-order valence-corrected chi connectivity index (χ2v) is 8.59. The van der Waals surface area contributed by atoms with E-state index in [9.17, 15) is 9.59 Å². The Kier molecular flexibility index (Phi) is 6.51. The number of nitrogens with zero attached hydrogens (tertiary/aromatic N) is 2. The maximum absolute atomic E-state index is 12.8. The topological polar surface area (TPSA) is 84.7 Å². The van der Waals surface area contributed by atoms with Crippen molar-refractivity contribution in [3.8, 4) is 11.3 Å². The molecule has 1 atom stereocenters. The van der Waals surface area contributed by atoms with Gasteiger partial charge in [-0.05, 0) is 23.6 Å². The van der Waals surface area contributed by atoms with Crippen LogP contribution in [0.3, 0.4) is 0 Å². The van der Waals surface area contributed by atoms with E-state index in [-0.39, 0.29) is 18.4 Å². The zero-order valence-corrected chi connectivity index (χ0v) is 18.6. The summed E-state index contributed by atoms with van der Waals surface area (Å²) in [5.41, 5.74) is 3.36. The quantitative estimate of drug-likeness (QED) is 0.419. The molecule has 2 heterocycles. The van der Waals surface area contributed by atoms with Gasteiger partial charge in [0, 0.05) is 29.0 Å². The van der Waals surface area contributed by atoms with E-state index >= 15 is 0 Å². The van der Waals surface area contributed by atoms with E-state index in [1.165, 1.54) is 0 Å². The molecule has 0 unspecified atom stereocenters. The molecular weight excluding hydrogens is 424 g/mol. The average molecular weight is 449 g/mol. The van der Waals surface area contributed by atoms with Crippen molar-refractivity contribution >= 4 is 34.0 Å². The number of thiazole rings is 1. The molecule has 0 aliphatic heterocycles. The highest BCUT2D eigenvalue weighted by atomic mass is 32.1. The number of fused-ring (bicyclic) bond motifs is 1. The number of anilines is 1. The van der Waals surface area contributed by atoms with Gasteiger partial charge in [-0.15, -0.1) is 11.3 Å². The van der Waals surface area contributed by atoms with Gasteiger partial charge in [-0.3, -0.25) is 9.20 Å². The third-order valence-corrected chi connectivity index (χ3v) is 5.75. The van der Waals surface area contributed by atoms with Crippen molar-refractivity contribution in [1.82, 2.24) is 14.7 Å². The highest BCUT2D eigenvalue weighted by Gasteiger charge is 2.25. The maximum Gasteiger partial charge on any atom is 0.408 e. The fraction of sp³-hybridized carbons (Fsp3) is 0.208. The smallest absolute Gasteiger partial charge is 0.408 e. The number of amides is 2. The van der Waals surface area contributed by atoms with E-state index in [1.54, 1.807) is 11.3 Å². The summed E-state index contributed by atoms with van der Waals surface area (Å²) in [7, 11) is 0. The van der Waals surface area contributed by atoms with E-state index in [0.29, 0.717) is 5.69 Å². The molecule has 2 N–H and O–H groups in total.